The number of nitrogens with one attached hydrogen (secondary N) is 1. The largest absolute Gasteiger partial charge is 0.374 e. The van der Waals surface area contributed by atoms with Gasteiger partial charge in [0.05, 0.1) is 0 Å². The molecule has 5 heteroatoms. The predicted octanol–water partition coefficient (Wildman–Crippen LogP) is 5.51. The smallest absolute Gasteiger partial charge is 0.150 e. The molecule has 2 aromatic carbocycles. The SMILES string of the molecule is CC(Nc1c(F)cc(Br)cc1F)c1ccc(I)cc1. The van der Waals surface area contributed by atoms with Gasteiger partial charge in [0.2, 0.25) is 0 Å². The number of hydrogen-bond donors (Lipinski definition) is 1. The van der Waals surface area contributed by atoms with E-state index in [-0.39, 0.29) is 11.7 Å². The van der Waals surface area contributed by atoms with E-state index in [1.807, 2.05) is 31.2 Å². The van der Waals surface area contributed by atoms with Crippen LogP contribution in [0.2, 0.25) is 0 Å². The molecule has 19 heavy (non-hydrogen) atoms. The van der Waals surface area contributed by atoms with Crippen LogP contribution in [0.3, 0.4) is 0 Å². The van der Waals surface area contributed by atoms with Crippen LogP contribution in [0.25, 0.3) is 0 Å². The minimum atomic E-state index is -0.607. The van der Waals surface area contributed by atoms with E-state index in [1.54, 1.807) is 0 Å². The van der Waals surface area contributed by atoms with Crippen LogP contribution >= 0.6 is 38.5 Å². The van der Waals surface area contributed by atoms with Gasteiger partial charge in [-0.3, -0.25) is 0 Å². The van der Waals surface area contributed by atoms with Crippen LogP contribution in [0.5, 0.6) is 0 Å². The van der Waals surface area contributed by atoms with Gasteiger partial charge in [-0.25, -0.2) is 8.78 Å². The van der Waals surface area contributed by atoms with Crippen LogP contribution in [0.1, 0.15) is 18.5 Å². The second-order valence-corrected chi connectivity index (χ2v) is 6.32. The third-order valence-corrected chi connectivity index (χ3v) is 3.91. The highest BCUT2D eigenvalue weighted by Gasteiger charge is 2.14. The standard InChI is InChI=1S/C14H11BrF2IN/c1-8(9-2-4-11(18)5-3-9)19-14-12(16)6-10(15)7-13(14)17/h2-8,19H,1H3. The Hall–Kier alpha value is -0.690. The minimum Gasteiger partial charge on any atom is -0.374 e. The van der Waals surface area contributed by atoms with E-state index in [2.05, 4.69) is 43.8 Å². The lowest BCUT2D eigenvalue weighted by Gasteiger charge is -2.17. The molecule has 0 aromatic heterocycles. The zero-order valence-corrected chi connectivity index (χ0v) is 13.8. The fourth-order valence-corrected chi connectivity index (χ4v) is 2.49. The Balaban J connectivity index is 2.24. The lowest BCUT2D eigenvalue weighted by molar-refractivity contribution is 0.583. The first-order valence-corrected chi connectivity index (χ1v) is 7.51. The Morgan fingerprint density at radius 3 is 2.16 bits per heavy atom. The second kappa shape index (κ2) is 6.17. The van der Waals surface area contributed by atoms with Crippen molar-refractivity contribution < 1.29 is 8.78 Å². The van der Waals surface area contributed by atoms with Gasteiger partial charge in [-0.2, -0.15) is 0 Å². The van der Waals surface area contributed by atoms with Crippen molar-refractivity contribution in [2.75, 3.05) is 5.32 Å². The van der Waals surface area contributed by atoms with E-state index in [0.717, 1.165) is 9.13 Å². The van der Waals surface area contributed by atoms with Crippen molar-refractivity contribution >= 4 is 44.2 Å². The summed E-state index contributed by atoms with van der Waals surface area (Å²) in [7, 11) is 0. The number of halogens is 4. The lowest BCUT2D eigenvalue weighted by atomic mass is 10.1. The summed E-state index contributed by atoms with van der Waals surface area (Å²) in [6.07, 6.45) is 0. The summed E-state index contributed by atoms with van der Waals surface area (Å²) in [6, 6.07) is 10.1. The zero-order valence-electron chi connectivity index (χ0n) is 10.1. The fourth-order valence-electron chi connectivity index (χ4n) is 1.73. The molecule has 0 saturated carbocycles. The van der Waals surface area contributed by atoms with E-state index in [9.17, 15) is 8.78 Å². The van der Waals surface area contributed by atoms with Crippen molar-refractivity contribution in [3.63, 3.8) is 0 Å². The minimum absolute atomic E-state index is 0.103. The van der Waals surface area contributed by atoms with Crippen molar-refractivity contribution in [2.45, 2.75) is 13.0 Å². The van der Waals surface area contributed by atoms with Gasteiger partial charge in [0, 0.05) is 14.1 Å². The quantitative estimate of drug-likeness (QED) is 0.624. The van der Waals surface area contributed by atoms with Crippen molar-refractivity contribution in [3.8, 4) is 0 Å². The predicted molar refractivity (Wildman–Crippen MR) is 85.3 cm³/mol. The number of benzene rings is 2. The van der Waals surface area contributed by atoms with Crippen molar-refractivity contribution in [3.05, 3.63) is 61.6 Å². The summed E-state index contributed by atoms with van der Waals surface area (Å²) < 4.78 is 28.9. The normalized spacial score (nSPS) is 12.3. The molecule has 1 atom stereocenters. The van der Waals surface area contributed by atoms with Gasteiger partial charge in [-0.1, -0.05) is 28.1 Å². The van der Waals surface area contributed by atoms with Gasteiger partial charge in [0.25, 0.3) is 0 Å². The molecule has 0 aliphatic carbocycles. The Kier molecular flexibility index (Phi) is 4.78. The van der Waals surface area contributed by atoms with Crippen LogP contribution in [-0.4, -0.2) is 0 Å². The molecule has 100 valence electrons. The van der Waals surface area contributed by atoms with Gasteiger partial charge in [0.1, 0.15) is 17.3 Å². The Bertz CT molecular complexity index is 563. The molecule has 0 aliphatic rings. The van der Waals surface area contributed by atoms with E-state index in [0.29, 0.717) is 4.47 Å². The molecule has 0 heterocycles. The highest BCUT2D eigenvalue weighted by atomic mass is 127. The van der Waals surface area contributed by atoms with Crippen LogP contribution in [-0.2, 0) is 0 Å². The molecule has 0 bridgehead atoms. The average Bonchev–Trinajstić information content (AvgIpc) is 2.34. The van der Waals surface area contributed by atoms with Crippen LogP contribution < -0.4 is 5.32 Å². The van der Waals surface area contributed by atoms with E-state index >= 15 is 0 Å². The number of hydrogen-bond acceptors (Lipinski definition) is 1. The van der Waals surface area contributed by atoms with Gasteiger partial charge >= 0.3 is 0 Å². The van der Waals surface area contributed by atoms with E-state index in [1.165, 1.54) is 12.1 Å². The summed E-state index contributed by atoms with van der Waals surface area (Å²) in [4.78, 5) is 0. The molecule has 2 rings (SSSR count). The zero-order chi connectivity index (χ0) is 14.0. The van der Waals surface area contributed by atoms with E-state index < -0.39 is 11.6 Å². The molecular weight excluding hydrogens is 427 g/mol. The summed E-state index contributed by atoms with van der Waals surface area (Å²) >= 11 is 5.27. The molecule has 0 fully saturated rings. The summed E-state index contributed by atoms with van der Waals surface area (Å²) in [5.41, 5.74) is 0.872. The number of rotatable bonds is 3. The van der Waals surface area contributed by atoms with Crippen molar-refractivity contribution in [1.29, 1.82) is 0 Å². The van der Waals surface area contributed by atoms with Crippen LogP contribution in [0.4, 0.5) is 14.5 Å². The fraction of sp³-hybridized carbons (Fsp3) is 0.143. The van der Waals surface area contributed by atoms with Gasteiger partial charge in [-0.15, -0.1) is 0 Å². The summed E-state index contributed by atoms with van der Waals surface area (Å²) in [5, 5.41) is 2.87. The molecule has 1 N–H and O–H groups in total. The average molecular weight is 438 g/mol. The second-order valence-electron chi connectivity index (χ2n) is 4.16. The first kappa shape index (κ1) is 14.7. The molecule has 0 radical (unpaired) electrons. The Morgan fingerprint density at radius 1 is 1.11 bits per heavy atom. The van der Waals surface area contributed by atoms with Crippen LogP contribution in [0.15, 0.2) is 40.9 Å². The highest BCUT2D eigenvalue weighted by Crippen LogP contribution is 2.27. The third kappa shape index (κ3) is 3.66. The molecule has 2 aromatic rings. The third-order valence-electron chi connectivity index (χ3n) is 2.74. The van der Waals surface area contributed by atoms with Crippen molar-refractivity contribution in [1.82, 2.24) is 0 Å². The van der Waals surface area contributed by atoms with Gasteiger partial charge in [0.15, 0.2) is 0 Å². The first-order chi connectivity index (χ1) is 8.97. The van der Waals surface area contributed by atoms with Gasteiger partial charge in [-0.05, 0) is 59.3 Å². The molecule has 0 saturated heterocycles. The topological polar surface area (TPSA) is 12.0 Å². The molecule has 0 spiro atoms. The maximum absolute atomic E-state index is 13.7. The number of anilines is 1. The van der Waals surface area contributed by atoms with Crippen LogP contribution in [0, 0.1) is 15.2 Å². The molecule has 1 unspecified atom stereocenters. The highest BCUT2D eigenvalue weighted by molar-refractivity contribution is 14.1. The maximum Gasteiger partial charge on any atom is 0.150 e. The lowest BCUT2D eigenvalue weighted by Crippen LogP contribution is -2.09. The van der Waals surface area contributed by atoms with Gasteiger partial charge < -0.3 is 5.32 Å². The molecule has 0 amide bonds. The molecule has 0 aliphatic heterocycles. The van der Waals surface area contributed by atoms with Crippen molar-refractivity contribution in [2.24, 2.45) is 0 Å². The maximum atomic E-state index is 13.7. The first-order valence-electron chi connectivity index (χ1n) is 5.64. The molecular formula is C14H11BrF2IN. The Morgan fingerprint density at radius 2 is 1.63 bits per heavy atom. The summed E-state index contributed by atoms with van der Waals surface area (Å²) in [5.74, 6) is -1.21. The Labute approximate surface area is 132 Å². The van der Waals surface area contributed by atoms with E-state index in [4.69, 9.17) is 0 Å². The molecule has 1 nitrogen and oxygen atoms in total. The summed E-state index contributed by atoms with van der Waals surface area (Å²) in [6.45, 7) is 1.86. The monoisotopic (exact) mass is 437 g/mol.